The fraction of sp³-hybridized carbons (Fsp3) is 1.00. The summed E-state index contributed by atoms with van der Waals surface area (Å²) in [4.78, 5) is 2.47. The van der Waals surface area contributed by atoms with Crippen molar-refractivity contribution in [3.8, 4) is 0 Å². The Morgan fingerprint density at radius 2 is 1.94 bits per heavy atom. The maximum atomic E-state index is 9.83. The van der Waals surface area contributed by atoms with E-state index in [1.165, 1.54) is 32.5 Å². The second-order valence-electron chi connectivity index (χ2n) is 5.15. The Hall–Kier alpha value is 0.170. The molecule has 2 unspecified atom stereocenters. The first-order valence-corrected chi connectivity index (χ1v) is 6.40. The summed E-state index contributed by atoms with van der Waals surface area (Å²) in [5.41, 5.74) is 0. The molecule has 96 valence electrons. The summed E-state index contributed by atoms with van der Waals surface area (Å²) >= 11 is 0. The van der Waals surface area contributed by atoms with Crippen molar-refractivity contribution in [3.05, 3.63) is 0 Å². The highest BCUT2D eigenvalue weighted by atomic mass is 35.5. The molecule has 0 radical (unpaired) electrons. The Morgan fingerprint density at radius 1 is 1.25 bits per heavy atom. The minimum Gasteiger partial charge on any atom is -0.391 e. The second-order valence-corrected chi connectivity index (χ2v) is 5.15. The van der Waals surface area contributed by atoms with Crippen molar-refractivity contribution in [2.45, 2.75) is 32.3 Å². The molecule has 2 rings (SSSR count). The van der Waals surface area contributed by atoms with Gasteiger partial charge in [0.1, 0.15) is 0 Å². The van der Waals surface area contributed by atoms with E-state index in [1.807, 2.05) is 0 Å². The molecule has 0 amide bonds. The van der Waals surface area contributed by atoms with Crippen LogP contribution in [-0.4, -0.2) is 48.8 Å². The average Bonchev–Trinajstić information content (AvgIpc) is 2.60. The summed E-state index contributed by atoms with van der Waals surface area (Å²) in [5, 5.41) is 13.2. The van der Waals surface area contributed by atoms with Gasteiger partial charge in [0, 0.05) is 19.6 Å². The molecule has 2 heterocycles. The normalized spacial score (nSPS) is 32.6. The lowest BCUT2D eigenvalue weighted by Crippen LogP contribution is -2.35. The SMILES string of the molecule is CCC1CN(CC2CCNCC2)CC1O.Cl. The molecule has 3 nitrogen and oxygen atoms in total. The molecule has 0 aromatic heterocycles. The van der Waals surface area contributed by atoms with Crippen molar-refractivity contribution < 1.29 is 5.11 Å². The Labute approximate surface area is 105 Å². The molecule has 4 heteroatoms. The van der Waals surface area contributed by atoms with Crippen LogP contribution in [0.5, 0.6) is 0 Å². The largest absolute Gasteiger partial charge is 0.391 e. The minimum atomic E-state index is -0.0725. The van der Waals surface area contributed by atoms with E-state index in [0.717, 1.165) is 25.4 Å². The summed E-state index contributed by atoms with van der Waals surface area (Å²) in [6.45, 7) is 7.76. The number of nitrogens with one attached hydrogen (secondary N) is 1. The summed E-state index contributed by atoms with van der Waals surface area (Å²) in [6.07, 6.45) is 3.66. The van der Waals surface area contributed by atoms with Gasteiger partial charge in [-0.25, -0.2) is 0 Å². The van der Waals surface area contributed by atoms with Crippen LogP contribution in [0.1, 0.15) is 26.2 Å². The standard InChI is InChI=1S/C12H24N2O.ClH/c1-2-11-8-14(9-12(11)15)7-10-3-5-13-6-4-10;/h10-13,15H,2-9H2,1H3;1H. The van der Waals surface area contributed by atoms with E-state index >= 15 is 0 Å². The number of aliphatic hydroxyl groups excluding tert-OH is 1. The highest BCUT2D eigenvalue weighted by Gasteiger charge is 2.31. The Morgan fingerprint density at radius 3 is 2.50 bits per heavy atom. The molecule has 0 saturated carbocycles. The van der Waals surface area contributed by atoms with Crippen LogP contribution in [0.2, 0.25) is 0 Å². The maximum absolute atomic E-state index is 9.83. The quantitative estimate of drug-likeness (QED) is 0.786. The van der Waals surface area contributed by atoms with Gasteiger partial charge in [-0.2, -0.15) is 0 Å². The van der Waals surface area contributed by atoms with Gasteiger partial charge in [0.2, 0.25) is 0 Å². The van der Waals surface area contributed by atoms with E-state index < -0.39 is 0 Å². The Bertz CT molecular complexity index is 197. The van der Waals surface area contributed by atoms with Gasteiger partial charge in [-0.05, 0) is 44.2 Å². The van der Waals surface area contributed by atoms with Crippen LogP contribution >= 0.6 is 12.4 Å². The third-order valence-corrected chi connectivity index (χ3v) is 3.98. The molecule has 0 aromatic rings. The van der Waals surface area contributed by atoms with Gasteiger partial charge in [0.15, 0.2) is 0 Å². The molecular formula is C12H25ClN2O. The van der Waals surface area contributed by atoms with Crippen LogP contribution in [0.3, 0.4) is 0 Å². The van der Waals surface area contributed by atoms with E-state index in [-0.39, 0.29) is 18.5 Å². The van der Waals surface area contributed by atoms with Crippen LogP contribution in [0.4, 0.5) is 0 Å². The molecular weight excluding hydrogens is 224 g/mol. The average molecular weight is 249 g/mol. The van der Waals surface area contributed by atoms with Gasteiger partial charge in [0.25, 0.3) is 0 Å². The highest BCUT2D eigenvalue weighted by molar-refractivity contribution is 5.85. The predicted octanol–water partition coefficient (Wildman–Crippen LogP) is 1.11. The molecule has 2 atom stereocenters. The van der Waals surface area contributed by atoms with E-state index in [2.05, 4.69) is 17.1 Å². The number of β-amino-alcohol motifs (C(OH)–C–C–N with tert-alkyl or cyclic N) is 1. The fourth-order valence-electron chi connectivity index (χ4n) is 2.92. The van der Waals surface area contributed by atoms with Crippen LogP contribution in [0.25, 0.3) is 0 Å². The Kier molecular flexibility index (Phi) is 6.05. The van der Waals surface area contributed by atoms with Crippen molar-refractivity contribution in [2.24, 2.45) is 11.8 Å². The number of piperidine rings is 1. The molecule has 2 N–H and O–H groups in total. The van der Waals surface area contributed by atoms with E-state index in [1.54, 1.807) is 0 Å². The molecule has 16 heavy (non-hydrogen) atoms. The van der Waals surface area contributed by atoms with Gasteiger partial charge in [-0.15, -0.1) is 12.4 Å². The first-order chi connectivity index (χ1) is 7.29. The lowest BCUT2D eigenvalue weighted by molar-refractivity contribution is 0.137. The van der Waals surface area contributed by atoms with Crippen molar-refractivity contribution in [1.29, 1.82) is 0 Å². The van der Waals surface area contributed by atoms with Crippen molar-refractivity contribution in [1.82, 2.24) is 10.2 Å². The summed E-state index contributed by atoms with van der Waals surface area (Å²) in [6, 6.07) is 0. The van der Waals surface area contributed by atoms with Crippen molar-refractivity contribution >= 4 is 12.4 Å². The van der Waals surface area contributed by atoms with E-state index in [0.29, 0.717) is 5.92 Å². The Balaban J connectivity index is 0.00000128. The number of hydrogen-bond acceptors (Lipinski definition) is 3. The van der Waals surface area contributed by atoms with Crippen LogP contribution in [0.15, 0.2) is 0 Å². The molecule has 0 bridgehead atoms. The molecule has 2 saturated heterocycles. The zero-order chi connectivity index (χ0) is 10.7. The van der Waals surface area contributed by atoms with Gasteiger partial charge in [0.05, 0.1) is 6.10 Å². The summed E-state index contributed by atoms with van der Waals surface area (Å²) < 4.78 is 0. The number of aliphatic hydroxyl groups is 1. The number of likely N-dealkylation sites (tertiary alicyclic amines) is 1. The van der Waals surface area contributed by atoms with Gasteiger partial charge in [-0.3, -0.25) is 0 Å². The van der Waals surface area contributed by atoms with Gasteiger partial charge >= 0.3 is 0 Å². The van der Waals surface area contributed by atoms with Crippen LogP contribution in [-0.2, 0) is 0 Å². The van der Waals surface area contributed by atoms with Crippen molar-refractivity contribution in [3.63, 3.8) is 0 Å². The zero-order valence-corrected chi connectivity index (χ0v) is 11.0. The smallest absolute Gasteiger partial charge is 0.0707 e. The monoisotopic (exact) mass is 248 g/mol. The molecule has 2 aliphatic rings. The maximum Gasteiger partial charge on any atom is 0.0707 e. The third-order valence-electron chi connectivity index (χ3n) is 3.98. The number of rotatable bonds is 3. The number of halogens is 1. The van der Waals surface area contributed by atoms with Gasteiger partial charge in [-0.1, -0.05) is 6.92 Å². The van der Waals surface area contributed by atoms with Crippen LogP contribution < -0.4 is 5.32 Å². The lowest BCUT2D eigenvalue weighted by atomic mass is 9.98. The predicted molar refractivity (Wildman–Crippen MR) is 69.1 cm³/mol. The highest BCUT2D eigenvalue weighted by Crippen LogP contribution is 2.22. The molecule has 2 fully saturated rings. The topological polar surface area (TPSA) is 35.5 Å². The van der Waals surface area contributed by atoms with Gasteiger partial charge < -0.3 is 15.3 Å². The fourth-order valence-corrected chi connectivity index (χ4v) is 2.92. The third kappa shape index (κ3) is 3.59. The number of hydrogen-bond donors (Lipinski definition) is 2. The van der Waals surface area contributed by atoms with E-state index in [9.17, 15) is 5.11 Å². The summed E-state index contributed by atoms with van der Waals surface area (Å²) in [7, 11) is 0. The molecule has 0 aromatic carbocycles. The first-order valence-electron chi connectivity index (χ1n) is 6.40. The number of nitrogens with zero attached hydrogens (tertiary/aromatic N) is 1. The van der Waals surface area contributed by atoms with E-state index in [4.69, 9.17) is 0 Å². The lowest BCUT2D eigenvalue weighted by Gasteiger charge is -2.27. The molecule has 0 aliphatic carbocycles. The minimum absolute atomic E-state index is 0. The van der Waals surface area contributed by atoms with Crippen molar-refractivity contribution in [2.75, 3.05) is 32.7 Å². The zero-order valence-electron chi connectivity index (χ0n) is 10.2. The molecule has 0 spiro atoms. The first kappa shape index (κ1) is 14.2. The summed E-state index contributed by atoms with van der Waals surface area (Å²) in [5.74, 6) is 1.38. The van der Waals surface area contributed by atoms with Crippen LogP contribution in [0, 0.1) is 11.8 Å². The second kappa shape index (κ2) is 6.80. The molecule has 2 aliphatic heterocycles.